The summed E-state index contributed by atoms with van der Waals surface area (Å²) in [5.41, 5.74) is 1.51. The van der Waals surface area contributed by atoms with Crippen LogP contribution in [0.5, 0.6) is 11.5 Å². The van der Waals surface area contributed by atoms with Crippen molar-refractivity contribution in [3.05, 3.63) is 50.8 Å². The Labute approximate surface area is 173 Å². The van der Waals surface area contributed by atoms with Crippen molar-refractivity contribution in [2.45, 2.75) is 20.8 Å². The van der Waals surface area contributed by atoms with E-state index in [2.05, 4.69) is 4.98 Å². The summed E-state index contributed by atoms with van der Waals surface area (Å²) in [5, 5.41) is 9.86. The molecule has 1 aromatic heterocycles. The Bertz CT molecular complexity index is 1030. The van der Waals surface area contributed by atoms with E-state index in [1.54, 1.807) is 32.9 Å². The summed E-state index contributed by atoms with van der Waals surface area (Å²) >= 11 is 6.20. The Kier molecular flexibility index (Phi) is 7.08. The Morgan fingerprint density at radius 1 is 1.17 bits per heavy atom. The van der Waals surface area contributed by atoms with E-state index in [4.69, 9.17) is 25.8 Å². The number of halogens is 1. The first-order chi connectivity index (χ1) is 13.8. The van der Waals surface area contributed by atoms with Crippen molar-refractivity contribution in [2.75, 3.05) is 20.8 Å². The topological polar surface area (TPSA) is 101 Å². The highest BCUT2D eigenvalue weighted by Crippen LogP contribution is 2.36. The van der Waals surface area contributed by atoms with E-state index in [-0.39, 0.29) is 28.3 Å². The number of ether oxygens (including phenoxy) is 3. The van der Waals surface area contributed by atoms with Crippen LogP contribution in [0, 0.1) is 25.2 Å². The Morgan fingerprint density at radius 2 is 1.83 bits per heavy atom. The maximum absolute atomic E-state index is 13.1. The predicted molar refractivity (Wildman–Crippen MR) is 109 cm³/mol. The van der Waals surface area contributed by atoms with Gasteiger partial charge in [-0.25, -0.2) is 4.79 Å². The van der Waals surface area contributed by atoms with Crippen LogP contribution in [0.25, 0.3) is 6.08 Å². The third-order valence-corrected chi connectivity index (χ3v) is 4.49. The van der Waals surface area contributed by atoms with Crippen LogP contribution in [0.4, 0.5) is 0 Å². The molecular formula is C21H21ClN2O5. The number of nitrogens with zero attached hydrogens (tertiary/aromatic N) is 1. The summed E-state index contributed by atoms with van der Waals surface area (Å²) in [4.78, 5) is 28.4. The molecule has 0 spiro atoms. The van der Waals surface area contributed by atoms with Gasteiger partial charge in [0, 0.05) is 11.4 Å². The molecule has 29 heavy (non-hydrogen) atoms. The second kappa shape index (κ2) is 9.30. The van der Waals surface area contributed by atoms with Crippen LogP contribution in [0.3, 0.4) is 0 Å². The first-order valence-electron chi connectivity index (χ1n) is 8.73. The molecule has 0 aliphatic carbocycles. The predicted octanol–water partition coefficient (Wildman–Crippen LogP) is 4.27. The number of hydrogen-bond acceptors (Lipinski definition) is 6. The first-order valence-corrected chi connectivity index (χ1v) is 9.11. The molecule has 7 nitrogen and oxygen atoms in total. The van der Waals surface area contributed by atoms with Crippen molar-refractivity contribution in [2.24, 2.45) is 0 Å². The summed E-state index contributed by atoms with van der Waals surface area (Å²) in [5.74, 6) is -0.512. The van der Waals surface area contributed by atoms with Crippen LogP contribution >= 0.6 is 11.6 Å². The smallest absolute Gasteiger partial charge is 0.340 e. The van der Waals surface area contributed by atoms with Crippen molar-refractivity contribution < 1.29 is 23.8 Å². The lowest BCUT2D eigenvalue weighted by atomic mass is 9.98. The zero-order valence-corrected chi connectivity index (χ0v) is 17.6. The third kappa shape index (κ3) is 4.44. The van der Waals surface area contributed by atoms with Crippen LogP contribution < -0.4 is 9.47 Å². The largest absolute Gasteiger partial charge is 0.493 e. The number of benzene rings is 1. The van der Waals surface area contributed by atoms with Crippen molar-refractivity contribution in [3.63, 3.8) is 0 Å². The van der Waals surface area contributed by atoms with Crippen LogP contribution in [0.2, 0.25) is 5.02 Å². The molecule has 152 valence electrons. The molecule has 0 fully saturated rings. The Morgan fingerprint density at radius 3 is 2.38 bits per heavy atom. The molecule has 0 aliphatic heterocycles. The average Bonchev–Trinajstić information content (AvgIpc) is 2.98. The maximum Gasteiger partial charge on any atom is 0.340 e. The van der Waals surface area contributed by atoms with Crippen LogP contribution in [-0.2, 0) is 4.74 Å². The lowest BCUT2D eigenvalue weighted by Gasteiger charge is -2.10. The number of rotatable bonds is 7. The van der Waals surface area contributed by atoms with Gasteiger partial charge in [0.05, 0.1) is 37.0 Å². The number of nitrogens with one attached hydrogen (secondary N) is 1. The molecule has 0 radical (unpaired) electrons. The standard InChI is InChI=1S/C21H21ClN2O5/c1-6-29-21(26)18-12(3)24-11(2)17(18)19(25)14(10-23)7-13-8-15(22)20(28-5)16(9-13)27-4/h7-9,24H,6H2,1-5H3. The molecule has 0 saturated carbocycles. The molecule has 0 saturated heterocycles. The number of aryl methyl sites for hydroxylation is 2. The number of carbonyl (C=O) groups excluding carboxylic acids is 2. The molecule has 0 amide bonds. The van der Waals surface area contributed by atoms with Crippen molar-refractivity contribution in [1.29, 1.82) is 5.26 Å². The highest BCUT2D eigenvalue weighted by atomic mass is 35.5. The van der Waals surface area contributed by atoms with Gasteiger partial charge in [0.1, 0.15) is 11.6 Å². The van der Waals surface area contributed by atoms with Gasteiger partial charge in [-0.1, -0.05) is 11.6 Å². The number of ketones is 1. The fourth-order valence-electron chi connectivity index (χ4n) is 2.99. The van der Waals surface area contributed by atoms with Crippen LogP contribution in [-0.4, -0.2) is 37.6 Å². The van der Waals surface area contributed by atoms with Crippen LogP contribution in [0.1, 0.15) is 44.6 Å². The summed E-state index contributed by atoms with van der Waals surface area (Å²) in [7, 11) is 2.91. The number of aromatic nitrogens is 1. The molecule has 2 rings (SSSR count). The number of nitriles is 1. The number of hydrogen-bond donors (Lipinski definition) is 1. The SMILES string of the molecule is CCOC(=O)c1c(C)[nH]c(C)c1C(=O)C(C#N)=Cc1cc(Cl)c(OC)c(OC)c1. The maximum atomic E-state index is 13.1. The lowest BCUT2D eigenvalue weighted by Crippen LogP contribution is -2.13. The van der Waals surface area contributed by atoms with Gasteiger partial charge in [-0.2, -0.15) is 5.26 Å². The van der Waals surface area contributed by atoms with E-state index in [0.29, 0.717) is 28.5 Å². The van der Waals surface area contributed by atoms with Crippen molar-refractivity contribution >= 4 is 29.4 Å². The lowest BCUT2D eigenvalue weighted by molar-refractivity contribution is 0.0523. The molecule has 1 aromatic carbocycles. The highest BCUT2D eigenvalue weighted by molar-refractivity contribution is 6.32. The molecule has 1 N–H and O–H groups in total. The van der Waals surface area contributed by atoms with Gasteiger partial charge in [-0.15, -0.1) is 0 Å². The highest BCUT2D eigenvalue weighted by Gasteiger charge is 2.27. The van der Waals surface area contributed by atoms with E-state index < -0.39 is 11.8 Å². The second-order valence-electron chi connectivity index (χ2n) is 6.08. The number of carbonyl (C=O) groups is 2. The van der Waals surface area contributed by atoms with Gasteiger partial charge in [-0.05, 0) is 44.5 Å². The summed E-state index contributed by atoms with van der Waals surface area (Å²) in [6.07, 6.45) is 1.38. The molecule has 0 aliphatic rings. The molecule has 8 heteroatoms. The van der Waals surface area contributed by atoms with Gasteiger partial charge < -0.3 is 19.2 Å². The molecular weight excluding hydrogens is 396 g/mol. The molecule has 0 atom stereocenters. The van der Waals surface area contributed by atoms with Crippen molar-refractivity contribution in [1.82, 2.24) is 4.98 Å². The minimum Gasteiger partial charge on any atom is -0.493 e. The van der Waals surface area contributed by atoms with E-state index in [1.807, 2.05) is 6.07 Å². The quantitative estimate of drug-likeness (QED) is 0.313. The van der Waals surface area contributed by atoms with Gasteiger partial charge in [0.25, 0.3) is 0 Å². The molecule has 0 bridgehead atoms. The molecule has 0 unspecified atom stereocenters. The normalized spacial score (nSPS) is 11.0. The third-order valence-electron chi connectivity index (χ3n) is 4.21. The minimum absolute atomic E-state index is 0.111. The van der Waals surface area contributed by atoms with E-state index >= 15 is 0 Å². The number of allylic oxidation sites excluding steroid dienone is 1. The number of methoxy groups -OCH3 is 2. The fourth-order valence-corrected chi connectivity index (χ4v) is 3.29. The molecule has 1 heterocycles. The summed E-state index contributed by atoms with van der Waals surface area (Å²) in [6.45, 7) is 5.17. The summed E-state index contributed by atoms with van der Waals surface area (Å²) < 4.78 is 15.5. The summed E-state index contributed by atoms with van der Waals surface area (Å²) in [6, 6.07) is 5.04. The number of esters is 1. The second-order valence-corrected chi connectivity index (χ2v) is 6.49. The monoisotopic (exact) mass is 416 g/mol. The number of H-pyrrole nitrogens is 1. The zero-order chi connectivity index (χ0) is 21.7. The average molecular weight is 417 g/mol. The Balaban J connectivity index is 2.57. The number of aromatic amines is 1. The molecule has 2 aromatic rings. The Hall–Kier alpha value is -3.24. The van der Waals surface area contributed by atoms with E-state index in [9.17, 15) is 14.9 Å². The van der Waals surface area contributed by atoms with E-state index in [1.165, 1.54) is 20.3 Å². The van der Waals surface area contributed by atoms with Gasteiger partial charge >= 0.3 is 5.97 Å². The van der Waals surface area contributed by atoms with Crippen LogP contribution in [0.15, 0.2) is 17.7 Å². The fraction of sp³-hybridized carbons (Fsp3) is 0.286. The van der Waals surface area contributed by atoms with Crippen molar-refractivity contribution in [3.8, 4) is 17.6 Å². The zero-order valence-electron chi connectivity index (χ0n) is 16.8. The number of Topliss-reactive ketones (excluding diaryl/α,β-unsaturated/α-hetero) is 1. The first kappa shape index (κ1) is 22.1. The van der Waals surface area contributed by atoms with E-state index in [0.717, 1.165) is 0 Å². The van der Waals surface area contributed by atoms with Gasteiger partial charge in [0.2, 0.25) is 5.78 Å². The van der Waals surface area contributed by atoms with Gasteiger partial charge in [0.15, 0.2) is 11.5 Å². The van der Waals surface area contributed by atoms with Gasteiger partial charge in [-0.3, -0.25) is 4.79 Å². The minimum atomic E-state index is -0.621.